The Labute approximate surface area is 158 Å². The van der Waals surface area contributed by atoms with E-state index in [4.69, 9.17) is 4.74 Å². The minimum atomic E-state index is -0.412. The minimum Gasteiger partial charge on any atom is -0.465 e. The number of hydrogen-bond donors (Lipinski definition) is 3. The molecule has 0 saturated heterocycles. The smallest absolute Gasteiger partial charge is 0.339 e. The lowest BCUT2D eigenvalue weighted by Crippen LogP contribution is -2.27. The van der Waals surface area contributed by atoms with Crippen molar-refractivity contribution in [2.24, 2.45) is 0 Å². The van der Waals surface area contributed by atoms with Crippen LogP contribution in [0.2, 0.25) is 0 Å². The molecule has 0 aliphatic rings. The number of aryl methyl sites for hydroxylation is 1. The second kappa shape index (κ2) is 8.12. The molecule has 3 N–H and O–H groups in total. The third kappa shape index (κ3) is 3.74. The highest BCUT2D eigenvalue weighted by atomic mass is 16.5. The van der Waals surface area contributed by atoms with E-state index < -0.39 is 5.97 Å². The van der Waals surface area contributed by atoms with Crippen molar-refractivity contribution < 1.29 is 14.3 Å². The molecule has 2 aromatic heterocycles. The van der Waals surface area contributed by atoms with E-state index in [-0.39, 0.29) is 5.91 Å². The number of rotatable bonds is 7. The van der Waals surface area contributed by atoms with Crippen molar-refractivity contribution >= 4 is 22.8 Å². The fraction of sp³-hybridized carbons (Fsp3) is 0.333. The number of ether oxygens (including phenoxy) is 1. The molecule has 0 spiro atoms. The summed E-state index contributed by atoms with van der Waals surface area (Å²) in [5, 5.41) is 4.13. The molecule has 0 bridgehead atoms. The maximum Gasteiger partial charge on any atom is 0.339 e. The van der Waals surface area contributed by atoms with Crippen LogP contribution in [-0.4, -0.2) is 35.5 Å². The topological polar surface area (TPSA) is 87.0 Å². The van der Waals surface area contributed by atoms with E-state index in [1.807, 2.05) is 31.3 Å². The monoisotopic (exact) mass is 367 g/mol. The van der Waals surface area contributed by atoms with Gasteiger partial charge >= 0.3 is 5.97 Å². The van der Waals surface area contributed by atoms with E-state index in [1.165, 1.54) is 12.5 Å². The van der Waals surface area contributed by atoms with Gasteiger partial charge in [-0.25, -0.2) is 4.79 Å². The van der Waals surface area contributed by atoms with Gasteiger partial charge in [-0.2, -0.15) is 0 Å². The third-order valence-corrected chi connectivity index (χ3v) is 4.76. The molecule has 3 aromatic rings. The lowest BCUT2D eigenvalue weighted by molar-refractivity contribution is 0.0599. The molecule has 6 heteroatoms. The number of esters is 1. The summed E-state index contributed by atoms with van der Waals surface area (Å²) in [4.78, 5) is 31.1. The van der Waals surface area contributed by atoms with Crippen molar-refractivity contribution in [1.29, 1.82) is 0 Å². The zero-order valence-electron chi connectivity index (χ0n) is 15.9. The van der Waals surface area contributed by atoms with Crippen LogP contribution in [0.25, 0.3) is 10.9 Å². The largest absolute Gasteiger partial charge is 0.465 e. The lowest BCUT2D eigenvalue weighted by atomic mass is 10.0. The molecule has 142 valence electrons. The summed E-state index contributed by atoms with van der Waals surface area (Å²) in [6, 6.07) is 8.10. The molecule has 0 radical (unpaired) electrons. The molecule has 0 aliphatic heterocycles. The predicted molar refractivity (Wildman–Crippen MR) is 105 cm³/mol. The highest BCUT2D eigenvalue weighted by Gasteiger charge is 2.24. The first-order chi connectivity index (χ1) is 13.1. The van der Waals surface area contributed by atoms with E-state index in [0.717, 1.165) is 29.5 Å². The van der Waals surface area contributed by atoms with E-state index in [9.17, 15) is 9.59 Å². The van der Waals surface area contributed by atoms with Crippen LogP contribution < -0.4 is 5.32 Å². The zero-order chi connectivity index (χ0) is 19.4. The summed E-state index contributed by atoms with van der Waals surface area (Å²) in [6.07, 6.45) is 4.17. The fourth-order valence-corrected chi connectivity index (χ4v) is 3.49. The molecule has 0 unspecified atom stereocenters. The van der Waals surface area contributed by atoms with Gasteiger partial charge in [0.2, 0.25) is 0 Å². The van der Waals surface area contributed by atoms with Gasteiger partial charge in [0, 0.05) is 29.3 Å². The summed E-state index contributed by atoms with van der Waals surface area (Å²) < 4.78 is 4.87. The van der Waals surface area contributed by atoms with E-state index in [2.05, 4.69) is 21.4 Å². The van der Waals surface area contributed by atoms with Crippen molar-refractivity contribution in [3.63, 3.8) is 0 Å². The number of hydrogen-bond acceptors (Lipinski definition) is 3. The van der Waals surface area contributed by atoms with E-state index in [0.29, 0.717) is 29.9 Å². The van der Waals surface area contributed by atoms with Gasteiger partial charge in [-0.3, -0.25) is 4.79 Å². The Kier molecular flexibility index (Phi) is 5.64. The van der Waals surface area contributed by atoms with Gasteiger partial charge in [0.15, 0.2) is 0 Å². The summed E-state index contributed by atoms with van der Waals surface area (Å²) in [5.74, 6) is -0.610. The van der Waals surface area contributed by atoms with Crippen LogP contribution in [0.4, 0.5) is 0 Å². The third-order valence-electron chi connectivity index (χ3n) is 4.76. The number of fused-ring (bicyclic) bond motifs is 1. The Hall–Kier alpha value is -3.02. The van der Waals surface area contributed by atoms with Crippen LogP contribution in [0.3, 0.4) is 0 Å². The molecule has 1 amide bonds. The predicted octanol–water partition coefficient (Wildman–Crippen LogP) is 3.52. The summed E-state index contributed by atoms with van der Waals surface area (Å²) in [7, 11) is 1.35. The Morgan fingerprint density at radius 3 is 2.70 bits per heavy atom. The summed E-state index contributed by atoms with van der Waals surface area (Å²) in [6.45, 7) is 4.31. The number of nitrogens with one attached hydrogen (secondary N) is 3. The average Bonchev–Trinajstić information content (AvgIpc) is 3.23. The Bertz CT molecular complexity index is 968. The number of carbonyl (C=O) groups is 2. The highest BCUT2D eigenvalue weighted by Crippen LogP contribution is 2.22. The van der Waals surface area contributed by atoms with Gasteiger partial charge in [0.1, 0.15) is 5.69 Å². The maximum absolute atomic E-state index is 12.7. The fourth-order valence-electron chi connectivity index (χ4n) is 3.49. The van der Waals surface area contributed by atoms with Gasteiger partial charge in [0.05, 0.1) is 12.7 Å². The van der Waals surface area contributed by atoms with Crippen LogP contribution >= 0.6 is 0 Å². The molecule has 3 rings (SSSR count). The first-order valence-corrected chi connectivity index (χ1v) is 9.19. The average molecular weight is 367 g/mol. The van der Waals surface area contributed by atoms with Crippen molar-refractivity contribution in [2.75, 3.05) is 13.7 Å². The van der Waals surface area contributed by atoms with Crippen molar-refractivity contribution in [1.82, 2.24) is 15.3 Å². The molecular weight excluding hydrogens is 342 g/mol. The second-order valence-electron chi connectivity index (χ2n) is 6.59. The summed E-state index contributed by atoms with van der Waals surface area (Å²) in [5.41, 5.74) is 4.57. The quantitative estimate of drug-likeness (QED) is 0.559. The standard InChI is InChI=1S/C21H25N3O3/c1-4-7-16-18(21(26)27-3)13(2)24-19(16)20(25)22-11-10-14-12-23-17-9-6-5-8-15(14)17/h5-6,8-9,12,23-24H,4,7,10-11H2,1-3H3,(H,22,25). The van der Waals surface area contributed by atoms with Crippen LogP contribution in [-0.2, 0) is 17.6 Å². The molecule has 0 saturated carbocycles. The SMILES string of the molecule is CCCc1c(C(=O)NCCc2c[nH]c3ccccc23)[nH]c(C)c1C(=O)OC. The molecule has 0 aliphatic carbocycles. The van der Waals surface area contributed by atoms with Crippen LogP contribution in [0.1, 0.15) is 51.0 Å². The molecule has 27 heavy (non-hydrogen) atoms. The summed E-state index contributed by atoms with van der Waals surface area (Å²) >= 11 is 0. The Balaban J connectivity index is 1.73. The lowest BCUT2D eigenvalue weighted by Gasteiger charge is -2.07. The van der Waals surface area contributed by atoms with Crippen molar-refractivity contribution in [3.05, 3.63) is 58.5 Å². The normalized spacial score (nSPS) is 10.9. The Morgan fingerprint density at radius 1 is 1.19 bits per heavy atom. The highest BCUT2D eigenvalue weighted by molar-refractivity contribution is 6.00. The van der Waals surface area contributed by atoms with E-state index >= 15 is 0 Å². The van der Waals surface area contributed by atoms with Crippen LogP contribution in [0.5, 0.6) is 0 Å². The molecule has 2 heterocycles. The number of amides is 1. The first-order valence-electron chi connectivity index (χ1n) is 9.19. The van der Waals surface area contributed by atoms with Gasteiger partial charge in [-0.15, -0.1) is 0 Å². The number of methoxy groups -OCH3 is 1. The molecule has 0 fully saturated rings. The number of para-hydroxylation sites is 1. The number of H-pyrrole nitrogens is 2. The molecule has 1 aromatic carbocycles. The van der Waals surface area contributed by atoms with Crippen molar-refractivity contribution in [2.45, 2.75) is 33.1 Å². The van der Waals surface area contributed by atoms with Gasteiger partial charge < -0.3 is 20.0 Å². The van der Waals surface area contributed by atoms with Gasteiger partial charge in [-0.05, 0) is 37.0 Å². The number of aromatic nitrogens is 2. The first kappa shape index (κ1) is 18.8. The van der Waals surface area contributed by atoms with Gasteiger partial charge in [-0.1, -0.05) is 31.5 Å². The van der Waals surface area contributed by atoms with Crippen LogP contribution in [0, 0.1) is 6.92 Å². The minimum absolute atomic E-state index is 0.198. The van der Waals surface area contributed by atoms with Crippen LogP contribution in [0.15, 0.2) is 30.5 Å². The zero-order valence-corrected chi connectivity index (χ0v) is 15.9. The van der Waals surface area contributed by atoms with Crippen molar-refractivity contribution in [3.8, 4) is 0 Å². The Morgan fingerprint density at radius 2 is 1.96 bits per heavy atom. The number of aromatic amines is 2. The molecular formula is C21H25N3O3. The second-order valence-corrected chi connectivity index (χ2v) is 6.59. The maximum atomic E-state index is 12.7. The number of benzene rings is 1. The number of carbonyl (C=O) groups excluding carboxylic acids is 2. The molecule has 0 atom stereocenters. The molecule has 6 nitrogen and oxygen atoms in total. The van der Waals surface area contributed by atoms with Gasteiger partial charge in [0.25, 0.3) is 5.91 Å². The van der Waals surface area contributed by atoms with E-state index in [1.54, 1.807) is 6.92 Å².